The number of aromatic nitrogens is 2. The second kappa shape index (κ2) is 7.25. The van der Waals surface area contributed by atoms with E-state index < -0.39 is 0 Å². The number of carbonyl (C=O) groups is 1. The number of nitrogens with zero attached hydrogens (tertiary/aromatic N) is 3. The first kappa shape index (κ1) is 16.7. The minimum Gasteiger partial charge on any atom is -0.466 e. The van der Waals surface area contributed by atoms with Gasteiger partial charge in [0, 0.05) is 30.9 Å². The largest absolute Gasteiger partial charge is 0.466 e. The number of fused-ring (bicyclic) bond motifs is 5. The Morgan fingerprint density at radius 1 is 1.12 bits per heavy atom. The smallest absolute Gasteiger partial charge is 0.260 e. The van der Waals surface area contributed by atoms with Gasteiger partial charge in [-0.15, -0.1) is 0 Å². The number of carbonyl (C=O) groups excluding carboxylic acids is 1. The molecule has 4 aliphatic rings. The lowest BCUT2D eigenvalue weighted by atomic mass is 9.85. The van der Waals surface area contributed by atoms with Crippen molar-refractivity contribution < 1.29 is 14.3 Å². The van der Waals surface area contributed by atoms with Crippen LogP contribution in [-0.2, 0) is 9.53 Å². The van der Waals surface area contributed by atoms with Gasteiger partial charge in [-0.25, -0.2) is 4.98 Å². The third kappa shape index (κ3) is 3.48. The summed E-state index contributed by atoms with van der Waals surface area (Å²) >= 11 is 0. The summed E-state index contributed by atoms with van der Waals surface area (Å²) in [7, 11) is 0. The van der Waals surface area contributed by atoms with E-state index in [9.17, 15) is 4.79 Å². The summed E-state index contributed by atoms with van der Waals surface area (Å²) in [6, 6.07) is -0.101. The number of ether oxygens (including phenoxy) is 2. The van der Waals surface area contributed by atoms with Crippen molar-refractivity contribution in [3.63, 3.8) is 0 Å². The number of hydrogen-bond donors (Lipinski definition) is 1. The Balaban J connectivity index is 1.61. The highest BCUT2D eigenvalue weighted by atomic mass is 16.5. The van der Waals surface area contributed by atoms with Crippen LogP contribution in [0.15, 0.2) is 12.4 Å². The van der Waals surface area contributed by atoms with E-state index in [-0.39, 0.29) is 30.7 Å². The normalized spacial score (nSPS) is 33.3. The van der Waals surface area contributed by atoms with Gasteiger partial charge in [-0.1, -0.05) is 0 Å². The number of hydrogen-bond acceptors (Lipinski definition) is 6. The monoisotopic (exact) mass is 346 g/mol. The maximum atomic E-state index is 12.7. The number of piperidine rings is 1. The van der Waals surface area contributed by atoms with Gasteiger partial charge in [-0.3, -0.25) is 9.78 Å². The molecule has 0 radical (unpaired) electrons. The molecule has 7 heteroatoms. The quantitative estimate of drug-likeness (QED) is 0.760. The molecule has 0 unspecified atom stereocenters. The molecule has 1 amide bonds. The van der Waals surface area contributed by atoms with Gasteiger partial charge in [-0.05, 0) is 38.5 Å². The van der Waals surface area contributed by atoms with Gasteiger partial charge >= 0.3 is 0 Å². The molecule has 3 aliphatic heterocycles. The molecular weight excluding hydrogens is 320 g/mol. The Hall–Kier alpha value is -1.73. The maximum absolute atomic E-state index is 12.7. The molecule has 25 heavy (non-hydrogen) atoms. The Bertz CT molecular complexity index is 618. The molecule has 0 spiro atoms. The molecule has 5 rings (SSSR count). The molecule has 2 bridgehead atoms. The first-order valence-electron chi connectivity index (χ1n) is 9.32. The van der Waals surface area contributed by atoms with Crippen molar-refractivity contribution in [1.82, 2.24) is 14.9 Å². The van der Waals surface area contributed by atoms with Gasteiger partial charge in [0.15, 0.2) is 6.61 Å². The van der Waals surface area contributed by atoms with Crippen LogP contribution in [-0.4, -0.2) is 58.7 Å². The van der Waals surface area contributed by atoms with Crippen molar-refractivity contribution >= 4 is 5.91 Å². The Morgan fingerprint density at radius 3 is 2.76 bits per heavy atom. The van der Waals surface area contributed by atoms with Crippen LogP contribution in [0.25, 0.3) is 0 Å². The van der Waals surface area contributed by atoms with Gasteiger partial charge in [0.1, 0.15) is 5.69 Å². The Morgan fingerprint density at radius 2 is 1.92 bits per heavy atom. The first-order chi connectivity index (χ1) is 12.2. The molecule has 2 N–H and O–H groups in total. The SMILES string of the molecule is N[C@H]1CCCN2C(=O)COc3nccnc3C3CCC(CC3)OC[C@@H]12. The number of rotatable bonds is 0. The van der Waals surface area contributed by atoms with Gasteiger partial charge in [0.25, 0.3) is 5.91 Å². The number of nitrogens with two attached hydrogens (primary N) is 1. The minimum atomic E-state index is -0.0651. The fraction of sp³-hybridized carbons (Fsp3) is 0.722. The second-order valence-corrected chi connectivity index (χ2v) is 7.30. The maximum Gasteiger partial charge on any atom is 0.260 e. The summed E-state index contributed by atoms with van der Waals surface area (Å²) in [6.07, 6.45) is 9.42. The molecule has 2 atom stereocenters. The van der Waals surface area contributed by atoms with Crippen molar-refractivity contribution in [3.05, 3.63) is 18.1 Å². The Kier molecular flexibility index (Phi) is 4.85. The molecule has 0 aromatic carbocycles. The van der Waals surface area contributed by atoms with Crippen molar-refractivity contribution in [2.75, 3.05) is 19.8 Å². The van der Waals surface area contributed by atoms with E-state index in [1.807, 2.05) is 4.90 Å². The van der Waals surface area contributed by atoms with Crippen LogP contribution in [0, 0.1) is 0 Å². The topological polar surface area (TPSA) is 90.6 Å². The van der Waals surface area contributed by atoms with Crippen LogP contribution in [0.3, 0.4) is 0 Å². The zero-order valence-corrected chi connectivity index (χ0v) is 14.5. The molecule has 1 aromatic rings. The van der Waals surface area contributed by atoms with Crippen molar-refractivity contribution in [2.24, 2.45) is 5.73 Å². The van der Waals surface area contributed by atoms with E-state index >= 15 is 0 Å². The van der Waals surface area contributed by atoms with Crippen LogP contribution in [0.4, 0.5) is 0 Å². The van der Waals surface area contributed by atoms with E-state index in [2.05, 4.69) is 9.97 Å². The molecule has 1 saturated heterocycles. The van der Waals surface area contributed by atoms with Crippen molar-refractivity contribution in [3.8, 4) is 5.88 Å². The van der Waals surface area contributed by atoms with Crippen molar-refractivity contribution in [1.29, 1.82) is 0 Å². The third-order valence-electron chi connectivity index (χ3n) is 5.74. The average Bonchev–Trinajstić information content (AvgIpc) is 2.66. The van der Waals surface area contributed by atoms with Gasteiger partial charge < -0.3 is 20.1 Å². The van der Waals surface area contributed by atoms with Crippen molar-refractivity contribution in [2.45, 2.75) is 62.6 Å². The van der Waals surface area contributed by atoms with Crippen LogP contribution >= 0.6 is 0 Å². The third-order valence-corrected chi connectivity index (χ3v) is 5.74. The van der Waals surface area contributed by atoms with Gasteiger partial charge in [0.05, 0.1) is 18.8 Å². The van der Waals surface area contributed by atoms with Gasteiger partial charge in [-0.2, -0.15) is 0 Å². The molecule has 2 fully saturated rings. The van der Waals surface area contributed by atoms with Crippen LogP contribution in [0.5, 0.6) is 5.88 Å². The molecular formula is C18H26N4O3. The fourth-order valence-corrected chi connectivity index (χ4v) is 4.29. The van der Waals surface area contributed by atoms with E-state index in [4.69, 9.17) is 15.2 Å². The Labute approximate surface area is 147 Å². The van der Waals surface area contributed by atoms with E-state index in [1.54, 1.807) is 12.4 Å². The highest BCUT2D eigenvalue weighted by Gasteiger charge is 2.35. The molecule has 1 aromatic heterocycles. The second-order valence-electron chi connectivity index (χ2n) is 7.30. The zero-order chi connectivity index (χ0) is 17.2. The first-order valence-corrected chi connectivity index (χ1v) is 9.32. The summed E-state index contributed by atoms with van der Waals surface area (Å²) in [6.45, 7) is 1.21. The summed E-state index contributed by atoms with van der Waals surface area (Å²) < 4.78 is 12.0. The standard InChI is InChI=1S/C18H26N4O3/c19-14-2-1-9-22-15(14)10-24-13-5-3-12(4-6-13)17-18(21-8-7-20-17)25-11-16(22)23/h7-8,12-15H,1-6,9-11,19H2/t12?,13?,14-,15-/m0/s1. The molecule has 7 nitrogen and oxygen atoms in total. The lowest BCUT2D eigenvalue weighted by molar-refractivity contribution is -0.140. The van der Waals surface area contributed by atoms with E-state index in [0.29, 0.717) is 24.9 Å². The van der Waals surface area contributed by atoms with Crippen LogP contribution in [0.2, 0.25) is 0 Å². The molecule has 136 valence electrons. The highest BCUT2D eigenvalue weighted by molar-refractivity contribution is 5.78. The highest BCUT2D eigenvalue weighted by Crippen LogP contribution is 2.36. The molecule has 4 heterocycles. The predicted octanol–water partition coefficient (Wildman–Crippen LogP) is 1.23. The van der Waals surface area contributed by atoms with Crippen LogP contribution < -0.4 is 10.5 Å². The lowest BCUT2D eigenvalue weighted by Crippen LogP contribution is -2.57. The summed E-state index contributed by atoms with van der Waals surface area (Å²) in [5.41, 5.74) is 7.17. The molecule has 1 aliphatic carbocycles. The predicted molar refractivity (Wildman–Crippen MR) is 91.2 cm³/mol. The molecule has 1 saturated carbocycles. The van der Waals surface area contributed by atoms with Gasteiger partial charge in [0.2, 0.25) is 5.88 Å². The summed E-state index contributed by atoms with van der Waals surface area (Å²) in [5, 5.41) is 0. The summed E-state index contributed by atoms with van der Waals surface area (Å²) in [5.74, 6) is 0.772. The zero-order valence-electron chi connectivity index (χ0n) is 14.5. The summed E-state index contributed by atoms with van der Waals surface area (Å²) in [4.78, 5) is 23.4. The fourth-order valence-electron chi connectivity index (χ4n) is 4.29. The van der Waals surface area contributed by atoms with Crippen LogP contribution in [0.1, 0.15) is 50.1 Å². The average molecular weight is 346 g/mol. The van der Waals surface area contributed by atoms with E-state index in [0.717, 1.165) is 44.2 Å². The lowest BCUT2D eigenvalue weighted by Gasteiger charge is -2.40. The minimum absolute atomic E-state index is 0.0228. The number of amides is 1. The van der Waals surface area contributed by atoms with E-state index in [1.165, 1.54) is 0 Å².